The first kappa shape index (κ1) is 20.5. The average Bonchev–Trinajstić information content (AvgIpc) is 3.02. The molecule has 1 atom stereocenters. The van der Waals surface area contributed by atoms with Crippen LogP contribution in [0.2, 0.25) is 0 Å². The smallest absolute Gasteiger partial charge is 0.325 e. The topological polar surface area (TPSA) is 108 Å². The molecule has 2 aromatic rings. The minimum Gasteiger partial charge on any atom is -0.325 e. The van der Waals surface area contributed by atoms with Gasteiger partial charge in [0.25, 0.3) is 5.56 Å². The Bertz CT molecular complexity index is 870. The highest BCUT2D eigenvalue weighted by molar-refractivity contribution is 7.32. The third-order valence-corrected chi connectivity index (χ3v) is 4.60. The first-order valence-corrected chi connectivity index (χ1v) is 10.1. The van der Waals surface area contributed by atoms with Crippen molar-refractivity contribution in [3.05, 3.63) is 27.2 Å². The standard InChI is InChI=1S/C16H25N4O5P/c1-3-5-8-18-12-17-14-13(18)15(21)20(10-7-11-25-26(23)24)16(22)19(14)9-6-4-2/h12H,3-11H2,1-2H3/p+1. The van der Waals surface area contributed by atoms with E-state index < -0.39 is 13.9 Å². The normalized spacial score (nSPS) is 12.0. The zero-order valence-electron chi connectivity index (χ0n) is 15.3. The maximum atomic E-state index is 12.9. The molecule has 0 bridgehead atoms. The summed E-state index contributed by atoms with van der Waals surface area (Å²) in [5.41, 5.74) is 0.0867. The van der Waals surface area contributed by atoms with Crippen LogP contribution in [0.1, 0.15) is 46.0 Å². The fourth-order valence-electron chi connectivity index (χ4n) is 2.82. The second-order valence-corrected chi connectivity index (χ2v) is 6.87. The van der Waals surface area contributed by atoms with E-state index in [9.17, 15) is 14.2 Å². The summed E-state index contributed by atoms with van der Waals surface area (Å²) < 4.78 is 19.7. The number of imidazole rings is 1. The van der Waals surface area contributed by atoms with Gasteiger partial charge < -0.3 is 4.57 Å². The van der Waals surface area contributed by atoms with Crippen molar-refractivity contribution in [2.75, 3.05) is 6.61 Å². The lowest BCUT2D eigenvalue weighted by atomic mass is 10.3. The molecule has 10 heteroatoms. The van der Waals surface area contributed by atoms with Crippen molar-refractivity contribution in [2.45, 2.75) is 65.6 Å². The van der Waals surface area contributed by atoms with E-state index in [0.29, 0.717) is 30.7 Å². The van der Waals surface area contributed by atoms with Gasteiger partial charge in [0.05, 0.1) is 6.33 Å². The lowest BCUT2D eigenvalue weighted by Gasteiger charge is -2.12. The molecular formula is C16H26N4O5P+. The second-order valence-electron chi connectivity index (χ2n) is 6.13. The summed E-state index contributed by atoms with van der Waals surface area (Å²) in [4.78, 5) is 38.7. The molecule has 0 amide bonds. The average molecular weight is 385 g/mol. The molecule has 2 heterocycles. The van der Waals surface area contributed by atoms with Crippen LogP contribution in [-0.4, -0.2) is 30.2 Å². The van der Waals surface area contributed by atoms with Gasteiger partial charge in [-0.25, -0.2) is 9.78 Å². The fourth-order valence-corrected chi connectivity index (χ4v) is 3.10. The minimum absolute atomic E-state index is 0.000320. The second kappa shape index (κ2) is 9.75. The largest absolute Gasteiger partial charge is 0.694 e. The van der Waals surface area contributed by atoms with Crippen molar-refractivity contribution >= 4 is 19.4 Å². The minimum atomic E-state index is -2.68. The molecule has 144 valence electrons. The first-order valence-electron chi connectivity index (χ1n) is 8.98. The van der Waals surface area contributed by atoms with E-state index in [1.807, 2.05) is 6.92 Å². The van der Waals surface area contributed by atoms with Crippen molar-refractivity contribution in [3.8, 4) is 0 Å². The third kappa shape index (κ3) is 4.66. The van der Waals surface area contributed by atoms with E-state index in [1.54, 1.807) is 15.5 Å². The summed E-state index contributed by atoms with van der Waals surface area (Å²) in [7, 11) is -2.68. The van der Waals surface area contributed by atoms with Crippen LogP contribution in [0.25, 0.3) is 11.2 Å². The molecule has 0 fully saturated rings. The molecule has 0 aliphatic heterocycles. The van der Waals surface area contributed by atoms with Gasteiger partial charge in [0.2, 0.25) is 0 Å². The highest BCUT2D eigenvalue weighted by atomic mass is 31.1. The predicted octanol–water partition coefficient (Wildman–Crippen LogP) is 2.02. The molecule has 9 nitrogen and oxygen atoms in total. The van der Waals surface area contributed by atoms with Crippen LogP contribution in [0, 0.1) is 0 Å². The summed E-state index contributed by atoms with van der Waals surface area (Å²) in [6.07, 6.45) is 5.53. The van der Waals surface area contributed by atoms with Crippen molar-refractivity contribution in [2.24, 2.45) is 0 Å². The van der Waals surface area contributed by atoms with Crippen LogP contribution in [0.15, 0.2) is 15.9 Å². The zero-order valence-corrected chi connectivity index (χ0v) is 16.2. The molecule has 0 aliphatic carbocycles. The number of nitrogens with zero attached hydrogens (tertiary/aromatic N) is 4. The quantitative estimate of drug-likeness (QED) is 0.468. The molecule has 2 aromatic heterocycles. The van der Waals surface area contributed by atoms with Gasteiger partial charge in [-0.2, -0.15) is 0 Å². The molecule has 0 spiro atoms. The van der Waals surface area contributed by atoms with Crippen LogP contribution in [0.3, 0.4) is 0 Å². The molecular weight excluding hydrogens is 359 g/mol. The molecule has 2 rings (SSSR count). The summed E-state index contributed by atoms with van der Waals surface area (Å²) in [6, 6.07) is 0. The maximum Gasteiger partial charge on any atom is 0.694 e. The predicted molar refractivity (Wildman–Crippen MR) is 98.5 cm³/mol. The van der Waals surface area contributed by atoms with E-state index >= 15 is 0 Å². The molecule has 26 heavy (non-hydrogen) atoms. The van der Waals surface area contributed by atoms with Crippen molar-refractivity contribution < 1.29 is 14.0 Å². The molecule has 0 saturated heterocycles. The Labute approximate surface area is 152 Å². The van der Waals surface area contributed by atoms with E-state index in [0.717, 1.165) is 25.7 Å². The van der Waals surface area contributed by atoms with Gasteiger partial charge >= 0.3 is 13.9 Å². The number of aromatic nitrogens is 4. The van der Waals surface area contributed by atoms with Crippen molar-refractivity contribution in [3.63, 3.8) is 0 Å². The lowest BCUT2D eigenvalue weighted by molar-refractivity contribution is 0.270. The number of unbranched alkanes of at least 4 members (excludes halogenated alkanes) is 2. The first-order chi connectivity index (χ1) is 12.5. The maximum absolute atomic E-state index is 12.9. The third-order valence-electron chi connectivity index (χ3n) is 4.20. The van der Waals surface area contributed by atoms with E-state index in [2.05, 4.69) is 16.4 Å². The van der Waals surface area contributed by atoms with Gasteiger partial charge in [-0.3, -0.25) is 13.9 Å². The van der Waals surface area contributed by atoms with E-state index in [1.165, 1.54) is 4.57 Å². The van der Waals surface area contributed by atoms with E-state index in [4.69, 9.17) is 4.89 Å². The Balaban J connectivity index is 2.46. The summed E-state index contributed by atoms with van der Waals surface area (Å²) >= 11 is 0. The van der Waals surface area contributed by atoms with Crippen LogP contribution in [-0.2, 0) is 28.7 Å². The fraction of sp³-hybridized carbons (Fsp3) is 0.688. The van der Waals surface area contributed by atoms with Crippen molar-refractivity contribution in [1.82, 2.24) is 18.7 Å². The summed E-state index contributed by atoms with van der Waals surface area (Å²) in [5.74, 6) is 0. The van der Waals surface area contributed by atoms with Crippen LogP contribution < -0.4 is 11.2 Å². The van der Waals surface area contributed by atoms with Gasteiger partial charge in [0.15, 0.2) is 11.2 Å². The van der Waals surface area contributed by atoms with Gasteiger partial charge in [-0.05, 0) is 19.3 Å². The summed E-state index contributed by atoms with van der Waals surface area (Å²) in [5, 5.41) is 0. The molecule has 1 unspecified atom stereocenters. The van der Waals surface area contributed by atoms with Crippen LogP contribution >= 0.6 is 8.25 Å². The highest BCUT2D eigenvalue weighted by Crippen LogP contribution is 2.14. The Morgan fingerprint density at radius 2 is 1.73 bits per heavy atom. The van der Waals surface area contributed by atoms with Crippen LogP contribution in [0.4, 0.5) is 0 Å². The molecule has 0 aliphatic rings. The Morgan fingerprint density at radius 1 is 1.08 bits per heavy atom. The van der Waals surface area contributed by atoms with Gasteiger partial charge in [0.1, 0.15) is 6.61 Å². The van der Waals surface area contributed by atoms with Gasteiger partial charge in [-0.1, -0.05) is 26.7 Å². The SMILES string of the molecule is CCCCn1cnc2c1c(=O)n(CCCO[P+](=O)O)c(=O)n2CCCC. The Kier molecular flexibility index (Phi) is 7.68. The highest BCUT2D eigenvalue weighted by Gasteiger charge is 2.18. The molecule has 0 radical (unpaired) electrons. The molecule has 0 aromatic carbocycles. The lowest BCUT2D eigenvalue weighted by Crippen LogP contribution is -2.41. The Morgan fingerprint density at radius 3 is 2.38 bits per heavy atom. The molecule has 0 saturated carbocycles. The molecule has 1 N–H and O–H groups in total. The number of rotatable bonds is 11. The monoisotopic (exact) mass is 385 g/mol. The number of fused-ring (bicyclic) bond motifs is 1. The summed E-state index contributed by atoms with van der Waals surface area (Å²) in [6.45, 7) is 5.39. The van der Waals surface area contributed by atoms with Crippen molar-refractivity contribution in [1.29, 1.82) is 0 Å². The number of aryl methyl sites for hydroxylation is 2. The zero-order chi connectivity index (χ0) is 19.1. The number of hydrogen-bond acceptors (Lipinski definition) is 5. The van der Waals surface area contributed by atoms with Crippen LogP contribution in [0.5, 0.6) is 0 Å². The van der Waals surface area contributed by atoms with Gasteiger partial charge in [-0.15, -0.1) is 9.42 Å². The Hall–Kier alpha value is -1.83. The van der Waals surface area contributed by atoms with E-state index in [-0.39, 0.29) is 18.7 Å². The number of hydrogen-bond donors (Lipinski definition) is 1. The van der Waals surface area contributed by atoms with Gasteiger partial charge in [0, 0.05) is 24.2 Å².